The highest BCUT2D eigenvalue weighted by molar-refractivity contribution is 6.42. The summed E-state index contributed by atoms with van der Waals surface area (Å²) < 4.78 is 14.3. The molecule has 3 rings (SSSR count). The second-order valence-electron chi connectivity index (χ2n) is 7.13. The molecule has 0 bridgehead atoms. The molecule has 31 heavy (non-hydrogen) atoms. The number of aromatic nitrogens is 2. The highest BCUT2D eigenvalue weighted by Crippen LogP contribution is 2.33. The number of benzene rings is 2. The number of hydrogen-bond donors (Lipinski definition) is 2. The first kappa shape index (κ1) is 22.9. The normalized spacial score (nSPS) is 11.5. The van der Waals surface area contributed by atoms with E-state index in [1.165, 1.54) is 18.5 Å². The van der Waals surface area contributed by atoms with Crippen molar-refractivity contribution in [2.75, 3.05) is 31.3 Å². The molecule has 1 aromatic heterocycles. The number of rotatable bonds is 7. The molecule has 1 heterocycles. The lowest BCUT2D eigenvalue weighted by Gasteiger charge is -2.14. The predicted molar refractivity (Wildman–Crippen MR) is 125 cm³/mol. The van der Waals surface area contributed by atoms with E-state index in [0.29, 0.717) is 35.4 Å². The summed E-state index contributed by atoms with van der Waals surface area (Å²) in [6.45, 7) is 2.65. The monoisotopic (exact) mass is 461 g/mol. The first-order valence-corrected chi connectivity index (χ1v) is 10.4. The van der Waals surface area contributed by atoms with Crippen molar-refractivity contribution in [2.24, 2.45) is 0 Å². The molecule has 0 saturated heterocycles. The maximum Gasteiger partial charge on any atom is 0.248 e. The molecule has 0 aliphatic carbocycles. The van der Waals surface area contributed by atoms with Crippen LogP contribution in [-0.4, -0.2) is 41.4 Å². The number of fused-ring (bicyclic) bond motifs is 1. The van der Waals surface area contributed by atoms with Gasteiger partial charge in [0, 0.05) is 23.7 Å². The number of amides is 1. The van der Waals surface area contributed by atoms with Gasteiger partial charge in [0.25, 0.3) is 0 Å². The number of hydrogen-bond acceptors (Lipinski definition) is 5. The zero-order valence-electron chi connectivity index (χ0n) is 17.3. The first-order chi connectivity index (χ1) is 14.8. The van der Waals surface area contributed by atoms with Crippen molar-refractivity contribution in [3.05, 3.63) is 64.2 Å². The Morgan fingerprint density at radius 2 is 1.87 bits per heavy atom. The maximum atomic E-state index is 14.3. The van der Waals surface area contributed by atoms with Crippen molar-refractivity contribution in [3.8, 4) is 0 Å². The summed E-state index contributed by atoms with van der Waals surface area (Å²) >= 11 is 11.9. The van der Waals surface area contributed by atoms with Gasteiger partial charge < -0.3 is 15.5 Å². The van der Waals surface area contributed by atoms with Gasteiger partial charge in [-0.25, -0.2) is 14.4 Å². The lowest BCUT2D eigenvalue weighted by atomic mass is 10.1. The van der Waals surface area contributed by atoms with Crippen molar-refractivity contribution in [3.63, 3.8) is 0 Å². The van der Waals surface area contributed by atoms with Gasteiger partial charge in [0.2, 0.25) is 5.91 Å². The van der Waals surface area contributed by atoms with Gasteiger partial charge in [-0.3, -0.25) is 4.79 Å². The summed E-state index contributed by atoms with van der Waals surface area (Å²) in [5.74, 6) is -0.424. The largest absolute Gasteiger partial charge is 0.337 e. The number of aryl methyl sites for hydroxylation is 1. The minimum absolute atomic E-state index is 0.122. The molecule has 0 atom stereocenters. The molecule has 162 valence electrons. The van der Waals surface area contributed by atoms with Crippen LogP contribution in [0.4, 0.5) is 21.6 Å². The molecular weight excluding hydrogens is 440 g/mol. The van der Waals surface area contributed by atoms with E-state index in [4.69, 9.17) is 23.2 Å². The Bertz CT molecular complexity index is 1150. The number of carbonyl (C=O) groups excluding carboxylic acids is 1. The first-order valence-electron chi connectivity index (χ1n) is 9.60. The molecule has 0 aliphatic heterocycles. The van der Waals surface area contributed by atoms with Crippen LogP contribution < -0.4 is 10.6 Å². The molecule has 2 aromatic carbocycles. The van der Waals surface area contributed by atoms with Crippen molar-refractivity contribution in [2.45, 2.75) is 13.3 Å². The van der Waals surface area contributed by atoms with Gasteiger partial charge in [0.05, 0.1) is 21.2 Å². The van der Waals surface area contributed by atoms with Gasteiger partial charge in [-0.05, 0) is 50.3 Å². The quantitative estimate of drug-likeness (QED) is 0.362. The van der Waals surface area contributed by atoms with E-state index < -0.39 is 5.82 Å². The van der Waals surface area contributed by atoms with E-state index in [2.05, 4.69) is 20.6 Å². The van der Waals surface area contributed by atoms with E-state index in [1.54, 1.807) is 12.1 Å². The van der Waals surface area contributed by atoms with Crippen LogP contribution in [0.1, 0.15) is 12.5 Å². The van der Waals surface area contributed by atoms with Gasteiger partial charge in [-0.2, -0.15) is 0 Å². The number of nitrogens with zero attached hydrogens (tertiary/aromatic N) is 3. The van der Waals surface area contributed by atoms with Crippen LogP contribution >= 0.6 is 23.2 Å². The summed E-state index contributed by atoms with van der Waals surface area (Å²) in [6.07, 6.45) is 5.36. The second-order valence-corrected chi connectivity index (χ2v) is 7.94. The highest BCUT2D eigenvalue weighted by atomic mass is 35.5. The Labute approximate surface area is 190 Å². The fourth-order valence-electron chi connectivity index (χ4n) is 2.95. The van der Waals surface area contributed by atoms with Gasteiger partial charge >= 0.3 is 0 Å². The topological polar surface area (TPSA) is 70.1 Å². The molecule has 0 aliphatic rings. The molecule has 0 radical (unpaired) electrons. The molecule has 6 nitrogen and oxygen atoms in total. The third-order valence-corrected chi connectivity index (χ3v) is 5.22. The fourth-order valence-corrected chi connectivity index (χ4v) is 3.26. The summed E-state index contributed by atoms with van der Waals surface area (Å²) in [5.41, 5.74) is 2.36. The second kappa shape index (κ2) is 10.0. The van der Waals surface area contributed by atoms with Gasteiger partial charge in [-0.15, -0.1) is 0 Å². The van der Waals surface area contributed by atoms with Gasteiger partial charge in [0.15, 0.2) is 0 Å². The number of anilines is 3. The molecular formula is C22H22Cl2FN5O. The average molecular weight is 462 g/mol. The van der Waals surface area contributed by atoms with Crippen LogP contribution in [0.25, 0.3) is 10.9 Å². The zero-order chi connectivity index (χ0) is 22.5. The number of carbonyl (C=O) groups is 1. The van der Waals surface area contributed by atoms with Crippen molar-refractivity contribution >= 4 is 57.2 Å². The van der Waals surface area contributed by atoms with Crippen LogP contribution in [-0.2, 0) is 11.2 Å². The summed E-state index contributed by atoms with van der Waals surface area (Å²) in [7, 11) is 3.85. The predicted octanol–water partition coefficient (Wildman–Crippen LogP) is 5.44. The molecule has 3 aromatic rings. The van der Waals surface area contributed by atoms with Crippen LogP contribution in [0.2, 0.25) is 10.0 Å². The Morgan fingerprint density at radius 1 is 1.13 bits per heavy atom. The van der Waals surface area contributed by atoms with Crippen molar-refractivity contribution in [1.29, 1.82) is 0 Å². The number of nitrogens with one attached hydrogen (secondary N) is 2. The van der Waals surface area contributed by atoms with Crippen LogP contribution in [0.5, 0.6) is 0 Å². The zero-order valence-corrected chi connectivity index (χ0v) is 18.9. The fraction of sp³-hybridized carbons (Fsp3) is 0.227. The van der Waals surface area contributed by atoms with Crippen LogP contribution in [0.3, 0.4) is 0 Å². The summed E-state index contributed by atoms with van der Waals surface area (Å²) in [4.78, 5) is 22.9. The third kappa shape index (κ3) is 5.70. The minimum atomic E-state index is -0.564. The average Bonchev–Trinajstić information content (AvgIpc) is 2.71. The van der Waals surface area contributed by atoms with E-state index >= 15 is 0 Å². The van der Waals surface area contributed by atoms with E-state index in [-0.39, 0.29) is 21.6 Å². The highest BCUT2D eigenvalue weighted by Gasteiger charge is 2.13. The Kier molecular flexibility index (Phi) is 7.43. The summed E-state index contributed by atoms with van der Waals surface area (Å²) in [6, 6.07) is 6.19. The molecule has 0 fully saturated rings. The third-order valence-electron chi connectivity index (χ3n) is 4.50. The lowest BCUT2D eigenvalue weighted by molar-refractivity contribution is -0.111. The van der Waals surface area contributed by atoms with E-state index in [1.807, 2.05) is 32.0 Å². The Balaban J connectivity index is 1.97. The Hall–Kier alpha value is -2.74. The smallest absolute Gasteiger partial charge is 0.248 e. The summed E-state index contributed by atoms with van der Waals surface area (Å²) in [5, 5.41) is 6.82. The van der Waals surface area contributed by atoms with Crippen molar-refractivity contribution in [1.82, 2.24) is 14.9 Å². The van der Waals surface area contributed by atoms with Gasteiger partial charge in [-0.1, -0.05) is 36.2 Å². The minimum Gasteiger partial charge on any atom is -0.337 e. The standard InChI is InChI=1S/C22H22Cl2FN5O/c1-4-13-8-19-14(9-18(13)28-21(31)6-5-7-30(2)3)22(27-12-26-19)29-20-11-16(24)15(23)10-17(20)25/h5-6,8-12H,4,7H2,1-3H3,(H,28,31)(H,26,27,29)/b6-5+. The lowest BCUT2D eigenvalue weighted by Crippen LogP contribution is -2.13. The molecule has 0 unspecified atom stereocenters. The molecule has 0 spiro atoms. The number of halogens is 3. The van der Waals surface area contributed by atoms with Crippen LogP contribution in [0, 0.1) is 5.82 Å². The van der Waals surface area contributed by atoms with Gasteiger partial charge in [0.1, 0.15) is 18.0 Å². The molecule has 9 heteroatoms. The molecule has 2 N–H and O–H groups in total. The van der Waals surface area contributed by atoms with E-state index in [9.17, 15) is 9.18 Å². The van der Waals surface area contributed by atoms with Crippen LogP contribution in [0.15, 0.2) is 42.7 Å². The SMILES string of the molecule is CCc1cc2ncnc(Nc3cc(Cl)c(Cl)cc3F)c2cc1NC(=O)/C=C/CN(C)C. The molecule has 1 amide bonds. The van der Waals surface area contributed by atoms with Crippen molar-refractivity contribution < 1.29 is 9.18 Å². The maximum absolute atomic E-state index is 14.3. The van der Waals surface area contributed by atoms with E-state index in [0.717, 1.165) is 11.6 Å². The molecule has 0 saturated carbocycles. The number of likely N-dealkylation sites (N-methyl/N-ethyl adjacent to an activating group) is 1. The Morgan fingerprint density at radius 3 is 2.58 bits per heavy atom.